The van der Waals surface area contributed by atoms with Gasteiger partial charge in [0, 0.05) is 12.2 Å². The van der Waals surface area contributed by atoms with Crippen molar-refractivity contribution in [3.8, 4) is 0 Å². The van der Waals surface area contributed by atoms with E-state index < -0.39 is 0 Å². The molecule has 4 nitrogen and oxygen atoms in total. The number of nitrogens with one attached hydrogen (secondary N) is 1. The fourth-order valence-electron chi connectivity index (χ4n) is 2.59. The maximum absolute atomic E-state index is 12.0. The monoisotopic (exact) mass is 314 g/mol. The molecule has 0 atom stereocenters. The van der Waals surface area contributed by atoms with E-state index in [2.05, 4.69) is 27.8 Å². The van der Waals surface area contributed by atoms with Gasteiger partial charge in [-0.15, -0.1) is 0 Å². The number of aromatic nitrogens is 2. The number of aryl methyl sites for hydroxylation is 1. The molecule has 100 valence electrons. The summed E-state index contributed by atoms with van der Waals surface area (Å²) in [6.45, 7) is 4.52. The Morgan fingerprint density at radius 3 is 2.50 bits per heavy atom. The minimum atomic E-state index is -0.292. The number of nitrogens with zero attached hydrogens (tertiary/aromatic N) is 1. The lowest BCUT2D eigenvalue weighted by Gasteiger charge is -2.26. The zero-order valence-corrected chi connectivity index (χ0v) is 12.4. The third-order valence-corrected chi connectivity index (χ3v) is 4.81. The van der Waals surface area contributed by atoms with Crippen LogP contribution in [0.3, 0.4) is 0 Å². The van der Waals surface area contributed by atoms with Gasteiger partial charge in [0.15, 0.2) is 0 Å². The highest BCUT2D eigenvalue weighted by atomic mass is 79.9. The molecule has 1 aliphatic rings. The smallest absolute Gasteiger partial charge is 0.310 e. The maximum Gasteiger partial charge on any atom is 0.328 e. The average Bonchev–Trinajstić information content (AvgIpc) is 2.34. The van der Waals surface area contributed by atoms with Crippen LogP contribution >= 0.6 is 15.9 Å². The third kappa shape index (κ3) is 2.76. The lowest BCUT2D eigenvalue weighted by molar-refractivity contribution is 0.260. The van der Waals surface area contributed by atoms with E-state index in [4.69, 9.17) is 0 Å². The second kappa shape index (κ2) is 5.43. The Hall–Kier alpha value is -0.840. The van der Waals surface area contributed by atoms with E-state index in [-0.39, 0.29) is 11.2 Å². The van der Waals surface area contributed by atoms with Gasteiger partial charge in [0.2, 0.25) is 0 Å². The van der Waals surface area contributed by atoms with Gasteiger partial charge in [-0.2, -0.15) is 0 Å². The number of hydrogen-bond acceptors (Lipinski definition) is 2. The predicted octanol–water partition coefficient (Wildman–Crippen LogP) is 2.43. The Bertz CT molecular complexity index is 539. The Morgan fingerprint density at radius 2 is 1.89 bits per heavy atom. The first-order chi connectivity index (χ1) is 8.49. The van der Waals surface area contributed by atoms with Crippen molar-refractivity contribution in [3.63, 3.8) is 0 Å². The minimum Gasteiger partial charge on any atom is -0.310 e. The first-order valence-electron chi connectivity index (χ1n) is 6.48. The molecule has 0 amide bonds. The van der Waals surface area contributed by atoms with Gasteiger partial charge in [-0.1, -0.05) is 19.8 Å². The Balaban J connectivity index is 2.22. The highest BCUT2D eigenvalue weighted by Crippen LogP contribution is 2.28. The Kier molecular flexibility index (Phi) is 4.10. The summed E-state index contributed by atoms with van der Waals surface area (Å²) in [5, 5.41) is 0. The molecule has 1 fully saturated rings. The van der Waals surface area contributed by atoms with E-state index in [9.17, 15) is 9.59 Å². The largest absolute Gasteiger partial charge is 0.328 e. The van der Waals surface area contributed by atoms with E-state index in [1.165, 1.54) is 17.4 Å². The average molecular weight is 315 g/mol. The topological polar surface area (TPSA) is 54.9 Å². The lowest BCUT2D eigenvalue weighted by Crippen LogP contribution is -2.38. The quantitative estimate of drug-likeness (QED) is 0.911. The second-order valence-electron chi connectivity index (χ2n) is 5.41. The van der Waals surface area contributed by atoms with E-state index >= 15 is 0 Å². The Labute approximate surface area is 115 Å². The summed E-state index contributed by atoms with van der Waals surface area (Å²) < 4.78 is 1.80. The van der Waals surface area contributed by atoms with Crippen molar-refractivity contribution in [1.82, 2.24) is 9.55 Å². The summed E-state index contributed by atoms with van der Waals surface area (Å²) in [5.41, 5.74) is 0.0905. The van der Waals surface area contributed by atoms with Crippen LogP contribution in [0.25, 0.3) is 0 Å². The summed E-state index contributed by atoms with van der Waals surface area (Å²) in [7, 11) is 0. The van der Waals surface area contributed by atoms with Crippen LogP contribution in [0.4, 0.5) is 0 Å². The van der Waals surface area contributed by atoms with Gasteiger partial charge in [-0.25, -0.2) is 4.79 Å². The van der Waals surface area contributed by atoms with E-state index in [0.717, 1.165) is 18.8 Å². The summed E-state index contributed by atoms with van der Waals surface area (Å²) in [6.07, 6.45) is 4.62. The molecule has 1 aliphatic carbocycles. The Morgan fingerprint density at radius 1 is 1.28 bits per heavy atom. The molecule has 1 aromatic heterocycles. The third-order valence-electron chi connectivity index (χ3n) is 3.88. The molecular weight excluding hydrogens is 296 g/mol. The molecule has 0 bridgehead atoms. The number of aromatic amines is 1. The molecule has 0 aromatic carbocycles. The molecule has 0 saturated heterocycles. The van der Waals surface area contributed by atoms with E-state index in [0.29, 0.717) is 22.6 Å². The van der Waals surface area contributed by atoms with Gasteiger partial charge >= 0.3 is 5.69 Å². The maximum atomic E-state index is 12.0. The van der Waals surface area contributed by atoms with Crippen LogP contribution in [0.2, 0.25) is 0 Å². The minimum absolute atomic E-state index is 0.213. The molecule has 0 spiro atoms. The highest BCUT2D eigenvalue weighted by molar-refractivity contribution is 9.10. The van der Waals surface area contributed by atoms with Gasteiger partial charge in [0.05, 0.1) is 0 Å². The van der Waals surface area contributed by atoms with Gasteiger partial charge in [-0.3, -0.25) is 9.36 Å². The normalized spacial score (nSPS) is 24.2. The molecule has 1 heterocycles. The van der Waals surface area contributed by atoms with Crippen LogP contribution in [0.5, 0.6) is 0 Å². The van der Waals surface area contributed by atoms with Crippen LogP contribution in [0.1, 0.15) is 38.3 Å². The van der Waals surface area contributed by atoms with Crippen molar-refractivity contribution in [2.45, 2.75) is 46.1 Å². The van der Waals surface area contributed by atoms with Gasteiger partial charge < -0.3 is 4.98 Å². The molecule has 1 aromatic rings. The number of hydrogen-bond donors (Lipinski definition) is 1. The molecule has 5 heteroatoms. The molecule has 1 saturated carbocycles. The predicted molar refractivity (Wildman–Crippen MR) is 74.9 cm³/mol. The van der Waals surface area contributed by atoms with Crippen LogP contribution < -0.4 is 11.2 Å². The molecule has 1 N–H and O–H groups in total. The molecule has 2 rings (SSSR count). The molecule has 0 radical (unpaired) electrons. The number of H-pyrrole nitrogens is 1. The number of rotatable bonds is 2. The molecule has 18 heavy (non-hydrogen) atoms. The second-order valence-corrected chi connectivity index (χ2v) is 6.20. The first kappa shape index (κ1) is 13.6. The van der Waals surface area contributed by atoms with Crippen LogP contribution in [0, 0.1) is 18.8 Å². The summed E-state index contributed by atoms with van der Waals surface area (Å²) in [4.78, 5) is 26.6. The van der Waals surface area contributed by atoms with Gasteiger partial charge in [0.25, 0.3) is 5.56 Å². The zero-order chi connectivity index (χ0) is 13.3. The van der Waals surface area contributed by atoms with Crippen LogP contribution in [0.15, 0.2) is 14.1 Å². The standard InChI is InChI=1S/C13H19BrN2O2/c1-8-3-5-10(6-4-8)7-16-12(17)11(14)9(2)15-13(16)18/h8,10H,3-7H2,1-2H3,(H,15,18). The van der Waals surface area contributed by atoms with Crippen molar-refractivity contribution >= 4 is 15.9 Å². The van der Waals surface area contributed by atoms with Crippen molar-refractivity contribution in [1.29, 1.82) is 0 Å². The molecule has 0 aliphatic heterocycles. The fraction of sp³-hybridized carbons (Fsp3) is 0.692. The summed E-state index contributed by atoms with van der Waals surface area (Å²) in [5.74, 6) is 1.23. The van der Waals surface area contributed by atoms with Crippen molar-refractivity contribution in [3.05, 3.63) is 31.0 Å². The van der Waals surface area contributed by atoms with Crippen LogP contribution in [-0.2, 0) is 6.54 Å². The zero-order valence-electron chi connectivity index (χ0n) is 10.8. The fourth-order valence-corrected chi connectivity index (χ4v) is 2.90. The van der Waals surface area contributed by atoms with Crippen molar-refractivity contribution < 1.29 is 0 Å². The summed E-state index contributed by atoms with van der Waals surface area (Å²) >= 11 is 3.24. The molecule has 0 unspecified atom stereocenters. The lowest BCUT2D eigenvalue weighted by atomic mass is 9.83. The van der Waals surface area contributed by atoms with E-state index in [1.54, 1.807) is 6.92 Å². The van der Waals surface area contributed by atoms with Crippen molar-refractivity contribution in [2.24, 2.45) is 11.8 Å². The summed E-state index contributed by atoms with van der Waals surface area (Å²) in [6, 6.07) is 0. The van der Waals surface area contributed by atoms with Gasteiger partial charge in [-0.05, 0) is 47.5 Å². The van der Waals surface area contributed by atoms with E-state index in [1.807, 2.05) is 0 Å². The van der Waals surface area contributed by atoms with Crippen molar-refractivity contribution in [2.75, 3.05) is 0 Å². The van der Waals surface area contributed by atoms with Crippen LogP contribution in [-0.4, -0.2) is 9.55 Å². The first-order valence-corrected chi connectivity index (χ1v) is 7.27. The van der Waals surface area contributed by atoms with Gasteiger partial charge in [0.1, 0.15) is 4.47 Å². The SMILES string of the molecule is Cc1[nH]c(=O)n(CC2CCC(C)CC2)c(=O)c1Br. The number of halogens is 1. The molecular formula is C13H19BrN2O2. The highest BCUT2D eigenvalue weighted by Gasteiger charge is 2.20.